The highest BCUT2D eigenvalue weighted by Gasteiger charge is 2.10. The van der Waals surface area contributed by atoms with Crippen LogP contribution in [-0.4, -0.2) is 0 Å². The first kappa shape index (κ1) is 12.8. The summed E-state index contributed by atoms with van der Waals surface area (Å²) in [5.41, 5.74) is 2.13. The van der Waals surface area contributed by atoms with Crippen molar-refractivity contribution in [2.24, 2.45) is 0 Å². The fraction of sp³-hybridized carbons (Fsp3) is 0.533. The van der Waals surface area contributed by atoms with Gasteiger partial charge in [-0.2, -0.15) is 5.26 Å². The Bertz CT molecular complexity index is 349. The van der Waals surface area contributed by atoms with Gasteiger partial charge >= 0.3 is 0 Å². The van der Waals surface area contributed by atoms with E-state index in [4.69, 9.17) is 5.26 Å². The lowest BCUT2D eigenvalue weighted by Gasteiger charge is -2.16. The van der Waals surface area contributed by atoms with Crippen molar-refractivity contribution in [1.29, 1.82) is 5.26 Å². The molecule has 0 N–H and O–H groups in total. The molecule has 1 aromatic rings. The van der Waals surface area contributed by atoms with Crippen molar-refractivity contribution < 1.29 is 0 Å². The summed E-state index contributed by atoms with van der Waals surface area (Å²) in [7, 11) is 0. The van der Waals surface area contributed by atoms with Gasteiger partial charge in [0.15, 0.2) is 0 Å². The second kappa shape index (κ2) is 7.06. The van der Waals surface area contributed by atoms with Crippen LogP contribution >= 0.6 is 0 Å². The van der Waals surface area contributed by atoms with Gasteiger partial charge in [0.1, 0.15) is 0 Å². The molecule has 0 aliphatic carbocycles. The average Bonchev–Trinajstić information content (AvgIpc) is 2.34. The summed E-state index contributed by atoms with van der Waals surface area (Å²) in [6, 6.07) is 10.3. The third kappa shape index (κ3) is 3.70. The molecule has 16 heavy (non-hydrogen) atoms. The fourth-order valence-electron chi connectivity index (χ4n) is 2.14. The first-order valence-electron chi connectivity index (χ1n) is 6.31. The second-order valence-corrected chi connectivity index (χ2v) is 4.37. The highest BCUT2D eigenvalue weighted by Crippen LogP contribution is 2.27. The molecule has 1 aromatic carbocycles. The highest BCUT2D eigenvalue weighted by molar-refractivity contribution is 5.34. The predicted molar refractivity (Wildman–Crippen MR) is 68.3 cm³/mol. The Morgan fingerprint density at radius 1 is 1.19 bits per heavy atom. The van der Waals surface area contributed by atoms with Crippen LogP contribution in [0.25, 0.3) is 0 Å². The molecular weight excluding hydrogens is 194 g/mol. The van der Waals surface area contributed by atoms with Gasteiger partial charge in [0.25, 0.3) is 0 Å². The molecule has 0 amide bonds. The quantitative estimate of drug-likeness (QED) is 0.678. The van der Waals surface area contributed by atoms with Crippen LogP contribution in [0.15, 0.2) is 24.3 Å². The fourth-order valence-corrected chi connectivity index (χ4v) is 2.14. The zero-order valence-electron chi connectivity index (χ0n) is 10.4. The van der Waals surface area contributed by atoms with Gasteiger partial charge in [-0.05, 0) is 36.5 Å². The van der Waals surface area contributed by atoms with E-state index in [1.165, 1.54) is 37.7 Å². The minimum absolute atomic E-state index is 0.637. The predicted octanol–water partition coefficient (Wildman–Crippen LogP) is 4.63. The highest BCUT2D eigenvalue weighted by atomic mass is 14.2. The molecule has 1 rings (SSSR count). The molecule has 0 aliphatic heterocycles. The monoisotopic (exact) mass is 215 g/mol. The topological polar surface area (TPSA) is 23.8 Å². The van der Waals surface area contributed by atoms with Crippen LogP contribution in [0.1, 0.15) is 63.0 Å². The molecular formula is C15H21N. The Hall–Kier alpha value is -1.29. The lowest BCUT2D eigenvalue weighted by Crippen LogP contribution is -1.99. The number of rotatable bonds is 6. The van der Waals surface area contributed by atoms with E-state index in [-0.39, 0.29) is 0 Å². The van der Waals surface area contributed by atoms with E-state index >= 15 is 0 Å². The van der Waals surface area contributed by atoms with Crippen molar-refractivity contribution in [3.8, 4) is 6.07 Å². The molecule has 0 aliphatic rings. The van der Waals surface area contributed by atoms with Gasteiger partial charge in [-0.25, -0.2) is 0 Å². The molecule has 86 valence electrons. The lowest BCUT2D eigenvalue weighted by atomic mass is 9.89. The molecule has 1 unspecified atom stereocenters. The molecule has 0 bridgehead atoms. The van der Waals surface area contributed by atoms with Crippen molar-refractivity contribution in [3.63, 3.8) is 0 Å². The van der Waals surface area contributed by atoms with Crippen LogP contribution in [-0.2, 0) is 0 Å². The number of hydrogen-bond donors (Lipinski definition) is 0. The summed E-state index contributed by atoms with van der Waals surface area (Å²) < 4.78 is 0. The van der Waals surface area contributed by atoms with Crippen LogP contribution in [0.3, 0.4) is 0 Å². The summed E-state index contributed by atoms with van der Waals surface area (Å²) in [4.78, 5) is 0. The minimum Gasteiger partial charge on any atom is -0.192 e. The van der Waals surface area contributed by atoms with E-state index in [0.29, 0.717) is 5.92 Å². The third-order valence-corrected chi connectivity index (χ3v) is 3.03. The number of nitrogens with zero attached hydrogens (tertiary/aromatic N) is 1. The zero-order valence-corrected chi connectivity index (χ0v) is 10.4. The maximum absolute atomic E-state index is 8.90. The molecule has 0 radical (unpaired) electrons. The van der Waals surface area contributed by atoms with Gasteiger partial charge < -0.3 is 0 Å². The summed E-state index contributed by atoms with van der Waals surface area (Å²) in [6.45, 7) is 4.46. The van der Waals surface area contributed by atoms with Crippen molar-refractivity contribution in [1.82, 2.24) is 0 Å². The molecule has 1 heteroatoms. The number of unbranched alkanes of at least 4 members (excludes halogenated alkanes) is 1. The molecule has 0 saturated carbocycles. The summed E-state index contributed by atoms with van der Waals surface area (Å²) in [6.07, 6.45) is 6.22. The smallest absolute Gasteiger partial charge is 0.0991 e. The zero-order chi connectivity index (χ0) is 11.8. The standard InChI is InChI=1S/C15H21N/c1-3-5-9-14(7-4-2)15-10-6-8-13(11-15)12-16/h6,8,10-11,14H,3-5,7,9H2,1-2H3. The minimum atomic E-state index is 0.637. The van der Waals surface area contributed by atoms with Crippen molar-refractivity contribution >= 4 is 0 Å². The van der Waals surface area contributed by atoms with Gasteiger partial charge in [0, 0.05) is 0 Å². The molecule has 0 fully saturated rings. The van der Waals surface area contributed by atoms with Crippen LogP contribution in [0.4, 0.5) is 0 Å². The second-order valence-electron chi connectivity index (χ2n) is 4.37. The van der Waals surface area contributed by atoms with E-state index in [1.807, 2.05) is 12.1 Å². The Morgan fingerprint density at radius 3 is 2.62 bits per heavy atom. The van der Waals surface area contributed by atoms with Gasteiger partial charge in [-0.15, -0.1) is 0 Å². The van der Waals surface area contributed by atoms with Crippen LogP contribution in [0.5, 0.6) is 0 Å². The maximum Gasteiger partial charge on any atom is 0.0991 e. The van der Waals surface area contributed by atoms with Gasteiger partial charge in [-0.3, -0.25) is 0 Å². The Morgan fingerprint density at radius 2 is 2.00 bits per heavy atom. The first-order chi connectivity index (χ1) is 7.81. The van der Waals surface area contributed by atoms with Crippen LogP contribution < -0.4 is 0 Å². The summed E-state index contributed by atoms with van der Waals surface area (Å²) >= 11 is 0. The molecule has 0 saturated heterocycles. The van der Waals surface area contributed by atoms with Gasteiger partial charge in [-0.1, -0.05) is 45.2 Å². The normalized spacial score (nSPS) is 12.1. The summed E-state index contributed by atoms with van der Waals surface area (Å²) in [5, 5.41) is 8.90. The van der Waals surface area contributed by atoms with E-state index in [1.54, 1.807) is 0 Å². The van der Waals surface area contributed by atoms with Crippen LogP contribution in [0, 0.1) is 11.3 Å². The molecule has 0 aromatic heterocycles. The first-order valence-corrected chi connectivity index (χ1v) is 6.31. The Balaban J connectivity index is 2.79. The Labute approximate surface area is 99.1 Å². The number of hydrogen-bond acceptors (Lipinski definition) is 1. The average molecular weight is 215 g/mol. The van der Waals surface area contributed by atoms with E-state index in [0.717, 1.165) is 5.56 Å². The van der Waals surface area contributed by atoms with Crippen molar-refractivity contribution in [3.05, 3.63) is 35.4 Å². The van der Waals surface area contributed by atoms with Crippen molar-refractivity contribution in [2.45, 2.75) is 51.9 Å². The molecule has 1 atom stereocenters. The molecule has 0 spiro atoms. The molecule has 1 nitrogen and oxygen atoms in total. The van der Waals surface area contributed by atoms with E-state index < -0.39 is 0 Å². The van der Waals surface area contributed by atoms with E-state index in [9.17, 15) is 0 Å². The summed E-state index contributed by atoms with van der Waals surface area (Å²) in [5.74, 6) is 0.637. The van der Waals surface area contributed by atoms with Crippen molar-refractivity contribution in [2.75, 3.05) is 0 Å². The maximum atomic E-state index is 8.90. The Kier molecular flexibility index (Phi) is 5.64. The number of benzene rings is 1. The largest absolute Gasteiger partial charge is 0.192 e. The van der Waals surface area contributed by atoms with Gasteiger partial charge in [0.05, 0.1) is 11.6 Å². The van der Waals surface area contributed by atoms with Gasteiger partial charge in [0.2, 0.25) is 0 Å². The molecule has 0 heterocycles. The third-order valence-electron chi connectivity index (χ3n) is 3.03. The SMILES string of the molecule is CCCCC(CCC)c1cccc(C#N)c1. The lowest BCUT2D eigenvalue weighted by molar-refractivity contribution is 0.541. The number of nitriles is 1. The van der Waals surface area contributed by atoms with Crippen LogP contribution in [0.2, 0.25) is 0 Å². The van der Waals surface area contributed by atoms with E-state index in [2.05, 4.69) is 32.0 Å².